The van der Waals surface area contributed by atoms with Crippen LogP contribution in [0.2, 0.25) is 5.02 Å². The molecule has 0 aromatic heterocycles. The molecular formula is C34H41ClF2N2O4S. The second-order valence-electron chi connectivity index (χ2n) is 13.4. The predicted molar refractivity (Wildman–Crippen MR) is 172 cm³/mol. The van der Waals surface area contributed by atoms with Gasteiger partial charge in [-0.1, -0.05) is 36.7 Å². The highest BCUT2D eigenvalue weighted by molar-refractivity contribution is 7.99. The Balaban J connectivity index is 1.46. The first-order chi connectivity index (χ1) is 20.8. The van der Waals surface area contributed by atoms with E-state index >= 15 is 0 Å². The first kappa shape index (κ1) is 31.4. The standard InChI is InChI=1S/C34H41ClF2N2O4S/c1-21-6-4-15-34(41,32(36)37)28-11-8-25(28)18-39-19-33(14-5-7-23-16-26(35)10-12-27(23)33)20-43-30-13-9-24(17-29(30)39)31(40)38-44(3,42)22(21)2/h4,9-10,12-13,15-17,21-22,25,28,32,41H,3,5-8,11,14,18-20H2,1-2H3,(H,38,40,42)/b15-4+/t21-,22+,25-,28+,33-,34+,44?/m0/s1. The fourth-order valence-corrected chi connectivity index (χ4v) is 9.31. The lowest BCUT2D eigenvalue weighted by Gasteiger charge is -2.48. The number of rotatable bonds is 1. The highest BCUT2D eigenvalue weighted by atomic mass is 35.5. The van der Waals surface area contributed by atoms with Crippen LogP contribution in [0.15, 0.2) is 48.6 Å². The molecule has 4 aliphatic rings. The van der Waals surface area contributed by atoms with Crippen molar-refractivity contribution in [3.8, 4) is 5.75 Å². The zero-order valence-electron chi connectivity index (χ0n) is 25.2. The van der Waals surface area contributed by atoms with Crippen molar-refractivity contribution in [2.75, 3.05) is 24.6 Å². The van der Waals surface area contributed by atoms with Crippen molar-refractivity contribution in [2.24, 2.45) is 17.8 Å². The van der Waals surface area contributed by atoms with E-state index in [-0.39, 0.29) is 17.3 Å². The number of benzene rings is 2. The molecule has 44 heavy (non-hydrogen) atoms. The maximum absolute atomic E-state index is 14.6. The van der Waals surface area contributed by atoms with Crippen molar-refractivity contribution in [1.82, 2.24) is 4.72 Å². The SMILES string of the molecule is C=S1(=O)NC(=O)c2ccc3c(c2)N(C[C@@H]2CC[C@H]2[C@@](O)(C(F)F)/C=C/C[C@H](C)[C@H]1C)C[C@@]1(CCCc2cc(Cl)ccc21)CO3. The molecule has 10 heteroatoms. The van der Waals surface area contributed by atoms with Crippen molar-refractivity contribution in [3.05, 3.63) is 70.3 Å². The van der Waals surface area contributed by atoms with Crippen LogP contribution in [-0.2, 0) is 21.5 Å². The molecule has 7 atom stereocenters. The summed E-state index contributed by atoms with van der Waals surface area (Å²) in [7, 11) is -3.09. The Kier molecular flexibility index (Phi) is 8.29. The fraction of sp³-hybridized carbons (Fsp3) is 0.529. The maximum atomic E-state index is 14.6. The number of hydrogen-bond acceptors (Lipinski definition) is 5. The van der Waals surface area contributed by atoms with E-state index in [0.29, 0.717) is 61.0 Å². The van der Waals surface area contributed by atoms with Crippen LogP contribution in [0.5, 0.6) is 5.75 Å². The minimum Gasteiger partial charge on any atom is -0.490 e. The molecule has 2 N–H and O–H groups in total. The number of amides is 1. The van der Waals surface area contributed by atoms with E-state index in [0.717, 1.165) is 19.3 Å². The number of alkyl halides is 2. The van der Waals surface area contributed by atoms with Crippen LogP contribution in [0.4, 0.5) is 14.5 Å². The summed E-state index contributed by atoms with van der Waals surface area (Å²) >= 11 is 6.37. The zero-order chi connectivity index (χ0) is 31.4. The number of aliphatic hydroxyl groups is 1. The molecule has 1 fully saturated rings. The molecule has 2 bridgehead atoms. The molecule has 6 rings (SSSR count). The number of nitrogens with one attached hydrogen (secondary N) is 1. The van der Waals surface area contributed by atoms with Crippen LogP contribution in [-0.4, -0.2) is 58.1 Å². The Hall–Kier alpha value is -2.62. The van der Waals surface area contributed by atoms with Gasteiger partial charge in [-0.15, -0.1) is 0 Å². The van der Waals surface area contributed by atoms with Gasteiger partial charge in [0, 0.05) is 40.3 Å². The minimum atomic E-state index is -3.09. The molecule has 2 aromatic rings. The maximum Gasteiger partial charge on any atom is 0.270 e. The fourth-order valence-electron chi connectivity index (χ4n) is 7.64. The number of fused-ring (bicyclic) bond motifs is 4. The van der Waals surface area contributed by atoms with Crippen molar-refractivity contribution >= 4 is 38.8 Å². The number of carbonyl (C=O) groups is 1. The van der Waals surface area contributed by atoms with E-state index in [1.54, 1.807) is 31.2 Å². The quantitative estimate of drug-likeness (QED) is 0.286. The predicted octanol–water partition coefficient (Wildman–Crippen LogP) is 6.18. The van der Waals surface area contributed by atoms with E-state index in [2.05, 4.69) is 21.6 Å². The largest absolute Gasteiger partial charge is 0.490 e. The third-order valence-electron chi connectivity index (χ3n) is 10.7. The summed E-state index contributed by atoms with van der Waals surface area (Å²) in [4.78, 5) is 15.7. The van der Waals surface area contributed by atoms with Crippen LogP contribution in [0, 0.1) is 17.8 Å². The van der Waals surface area contributed by atoms with Gasteiger partial charge in [-0.05, 0) is 105 Å². The Bertz CT molecular complexity index is 1580. The summed E-state index contributed by atoms with van der Waals surface area (Å²) in [5.41, 5.74) is 0.694. The number of nitrogens with zero attached hydrogens (tertiary/aromatic N) is 1. The van der Waals surface area contributed by atoms with Gasteiger partial charge in [-0.3, -0.25) is 9.52 Å². The summed E-state index contributed by atoms with van der Waals surface area (Å²) < 4.78 is 52.0. The highest BCUT2D eigenvalue weighted by Crippen LogP contribution is 2.49. The Morgan fingerprint density at radius 3 is 2.73 bits per heavy atom. The van der Waals surface area contributed by atoms with Gasteiger partial charge in [0.25, 0.3) is 12.3 Å². The van der Waals surface area contributed by atoms with E-state index in [1.807, 2.05) is 19.1 Å². The lowest BCUT2D eigenvalue weighted by molar-refractivity contribution is -0.136. The van der Waals surface area contributed by atoms with Crippen molar-refractivity contribution in [3.63, 3.8) is 0 Å². The molecule has 1 amide bonds. The van der Waals surface area contributed by atoms with E-state index in [4.69, 9.17) is 16.3 Å². The molecule has 1 saturated carbocycles. The number of ether oxygens (including phenoxy) is 1. The molecule has 1 unspecified atom stereocenters. The van der Waals surface area contributed by atoms with Crippen LogP contribution < -0.4 is 14.4 Å². The summed E-state index contributed by atoms with van der Waals surface area (Å²) in [5.74, 6) is 2.89. The molecule has 0 radical (unpaired) electrons. The molecule has 2 heterocycles. The minimum absolute atomic E-state index is 0.199. The third-order valence-corrected chi connectivity index (χ3v) is 13.1. The summed E-state index contributed by atoms with van der Waals surface area (Å²) in [6, 6.07) is 11.2. The second kappa shape index (κ2) is 11.6. The smallest absolute Gasteiger partial charge is 0.270 e. The summed E-state index contributed by atoms with van der Waals surface area (Å²) in [6.45, 7) is 4.95. The van der Waals surface area contributed by atoms with Gasteiger partial charge in [0.1, 0.15) is 11.4 Å². The molecular weight excluding hydrogens is 606 g/mol. The van der Waals surface area contributed by atoms with Gasteiger partial charge >= 0.3 is 0 Å². The van der Waals surface area contributed by atoms with Crippen LogP contribution in [0.25, 0.3) is 0 Å². The Labute approximate surface area is 263 Å². The first-order valence-corrected chi connectivity index (χ1v) is 17.7. The van der Waals surface area contributed by atoms with Crippen LogP contribution >= 0.6 is 11.6 Å². The number of anilines is 1. The number of carbonyl (C=O) groups excluding carboxylic acids is 1. The van der Waals surface area contributed by atoms with E-state index < -0.39 is 38.8 Å². The highest BCUT2D eigenvalue weighted by Gasteiger charge is 2.52. The number of aryl methyl sites for hydroxylation is 1. The van der Waals surface area contributed by atoms with Gasteiger partial charge in [0.2, 0.25) is 0 Å². The number of hydrogen-bond donors (Lipinski definition) is 2. The normalized spacial score (nSPS) is 36.3. The molecule has 2 aromatic carbocycles. The second-order valence-corrected chi connectivity index (χ2v) is 16.2. The molecule has 238 valence electrons. The van der Waals surface area contributed by atoms with E-state index in [1.165, 1.54) is 17.2 Å². The van der Waals surface area contributed by atoms with Gasteiger partial charge in [-0.25, -0.2) is 13.0 Å². The average molecular weight is 647 g/mol. The van der Waals surface area contributed by atoms with Gasteiger partial charge in [0.05, 0.1) is 22.0 Å². The van der Waals surface area contributed by atoms with Crippen molar-refractivity contribution in [1.29, 1.82) is 0 Å². The number of halogens is 3. The van der Waals surface area contributed by atoms with Crippen molar-refractivity contribution < 1.29 is 27.6 Å². The van der Waals surface area contributed by atoms with Crippen molar-refractivity contribution in [2.45, 2.75) is 75.1 Å². The van der Waals surface area contributed by atoms with E-state index in [9.17, 15) is 22.9 Å². The average Bonchev–Trinajstić information content (AvgIpc) is 3.10. The Morgan fingerprint density at radius 1 is 1.20 bits per heavy atom. The molecule has 0 saturated heterocycles. The monoisotopic (exact) mass is 646 g/mol. The Morgan fingerprint density at radius 2 is 2.00 bits per heavy atom. The molecule has 6 nitrogen and oxygen atoms in total. The first-order valence-electron chi connectivity index (χ1n) is 15.5. The van der Waals surface area contributed by atoms with Crippen LogP contribution in [0.3, 0.4) is 0 Å². The van der Waals surface area contributed by atoms with Gasteiger partial charge < -0.3 is 14.7 Å². The topological polar surface area (TPSA) is 78.9 Å². The van der Waals surface area contributed by atoms with Gasteiger partial charge in [-0.2, -0.15) is 0 Å². The summed E-state index contributed by atoms with van der Waals surface area (Å²) in [6.07, 6.45) is 4.11. The van der Waals surface area contributed by atoms with Crippen LogP contribution in [0.1, 0.15) is 67.4 Å². The number of allylic oxidation sites excluding steroid dienone is 1. The zero-order valence-corrected chi connectivity index (χ0v) is 26.8. The lowest BCUT2D eigenvalue weighted by Crippen LogP contribution is -2.55. The molecule has 2 aliphatic heterocycles. The van der Waals surface area contributed by atoms with Gasteiger partial charge in [0.15, 0.2) is 0 Å². The third kappa shape index (κ3) is 5.53. The summed E-state index contributed by atoms with van der Waals surface area (Å²) in [5, 5.41) is 11.6. The molecule has 1 spiro atoms. The lowest BCUT2D eigenvalue weighted by atomic mass is 9.64. The molecule has 2 aliphatic carbocycles.